The third-order valence-electron chi connectivity index (χ3n) is 1.81. The summed E-state index contributed by atoms with van der Waals surface area (Å²) in [6.45, 7) is 4.41. The first-order chi connectivity index (χ1) is 6.96. The van der Waals surface area contributed by atoms with Crippen LogP contribution in [0.2, 0.25) is 0 Å². The van der Waals surface area contributed by atoms with Crippen LogP contribution in [0.15, 0.2) is 0 Å². The first kappa shape index (κ1) is 13.9. The van der Waals surface area contributed by atoms with Gasteiger partial charge >= 0.3 is 0 Å². The van der Waals surface area contributed by atoms with Crippen molar-refractivity contribution in [3.05, 3.63) is 0 Å². The molecule has 6 nitrogen and oxygen atoms in total. The molecule has 0 aromatic rings. The van der Waals surface area contributed by atoms with Crippen molar-refractivity contribution in [3.8, 4) is 6.07 Å². The summed E-state index contributed by atoms with van der Waals surface area (Å²) < 4.78 is 24.1. The fourth-order valence-electron chi connectivity index (χ4n) is 0.996. The largest absolute Gasteiger partial charge is 0.342 e. The van der Waals surface area contributed by atoms with Gasteiger partial charge in [-0.05, 0) is 13.8 Å². The third kappa shape index (κ3) is 5.34. The summed E-state index contributed by atoms with van der Waals surface area (Å²) in [7, 11) is -3.64. The van der Waals surface area contributed by atoms with Crippen molar-refractivity contribution in [2.24, 2.45) is 0 Å². The number of sulfonamides is 1. The first-order valence-electron chi connectivity index (χ1n) is 4.58. The van der Waals surface area contributed by atoms with E-state index >= 15 is 0 Å². The maximum atomic E-state index is 11.4. The summed E-state index contributed by atoms with van der Waals surface area (Å²) in [4.78, 5) is 12.9. The monoisotopic (exact) mass is 233 g/mol. The summed E-state index contributed by atoms with van der Waals surface area (Å²) in [5, 5.41) is 8.20. The minimum Gasteiger partial charge on any atom is -0.342 e. The van der Waals surface area contributed by atoms with Crippen LogP contribution in [0.25, 0.3) is 0 Å². The summed E-state index contributed by atoms with van der Waals surface area (Å²) in [5.74, 6) is -0.917. The fourth-order valence-corrected chi connectivity index (χ4v) is 1.61. The number of nitrogens with one attached hydrogen (secondary N) is 1. The third-order valence-corrected chi connectivity index (χ3v) is 2.91. The van der Waals surface area contributed by atoms with Gasteiger partial charge in [0.25, 0.3) is 0 Å². The number of hydrogen-bond acceptors (Lipinski definition) is 4. The van der Waals surface area contributed by atoms with Crippen LogP contribution in [0.3, 0.4) is 0 Å². The van der Waals surface area contributed by atoms with E-state index in [1.807, 2.05) is 13.8 Å². The van der Waals surface area contributed by atoms with Crippen molar-refractivity contribution >= 4 is 15.9 Å². The molecule has 0 aromatic heterocycles. The number of nitrogens with zero attached hydrogens (tertiary/aromatic N) is 2. The molecular formula is C8H15N3O3S. The number of nitriles is 1. The molecule has 0 radical (unpaired) electrons. The van der Waals surface area contributed by atoms with E-state index in [2.05, 4.69) is 4.72 Å². The molecule has 7 heteroatoms. The van der Waals surface area contributed by atoms with Gasteiger partial charge in [-0.2, -0.15) is 5.26 Å². The minimum atomic E-state index is -3.64. The minimum absolute atomic E-state index is 0.286. The maximum Gasteiger partial charge on any atom is 0.237 e. The van der Waals surface area contributed by atoms with Crippen molar-refractivity contribution in [2.75, 3.05) is 25.4 Å². The molecule has 0 unspecified atom stereocenters. The van der Waals surface area contributed by atoms with Gasteiger partial charge in [-0.25, -0.2) is 13.1 Å². The highest BCUT2D eigenvalue weighted by Crippen LogP contribution is 1.89. The van der Waals surface area contributed by atoms with Crippen LogP contribution in [0.4, 0.5) is 0 Å². The van der Waals surface area contributed by atoms with Gasteiger partial charge in [0, 0.05) is 13.1 Å². The topological polar surface area (TPSA) is 90.3 Å². The highest BCUT2D eigenvalue weighted by molar-refractivity contribution is 7.89. The van der Waals surface area contributed by atoms with E-state index in [0.29, 0.717) is 13.1 Å². The number of rotatable bonds is 6. The molecule has 15 heavy (non-hydrogen) atoms. The lowest BCUT2D eigenvalue weighted by Crippen LogP contribution is -2.40. The molecule has 0 aromatic carbocycles. The van der Waals surface area contributed by atoms with Crippen molar-refractivity contribution < 1.29 is 13.2 Å². The molecule has 0 bridgehead atoms. The van der Waals surface area contributed by atoms with Crippen LogP contribution < -0.4 is 4.72 Å². The predicted molar refractivity (Wildman–Crippen MR) is 55.3 cm³/mol. The van der Waals surface area contributed by atoms with Crippen LogP contribution >= 0.6 is 0 Å². The Hall–Kier alpha value is -1.13. The molecule has 0 aliphatic carbocycles. The lowest BCUT2D eigenvalue weighted by molar-refractivity contribution is -0.129. The molecule has 0 aliphatic heterocycles. The summed E-state index contributed by atoms with van der Waals surface area (Å²) in [6, 6.07) is 1.51. The van der Waals surface area contributed by atoms with E-state index in [4.69, 9.17) is 5.26 Å². The van der Waals surface area contributed by atoms with Crippen LogP contribution in [-0.2, 0) is 14.8 Å². The zero-order chi connectivity index (χ0) is 11.9. The number of amides is 1. The Morgan fingerprint density at radius 2 is 1.93 bits per heavy atom. The van der Waals surface area contributed by atoms with E-state index in [-0.39, 0.29) is 12.5 Å². The second kappa shape index (κ2) is 6.37. The zero-order valence-corrected chi connectivity index (χ0v) is 9.67. The lowest BCUT2D eigenvalue weighted by atomic mass is 10.4. The molecule has 0 rings (SSSR count). The van der Waals surface area contributed by atoms with Gasteiger partial charge in [0.2, 0.25) is 15.9 Å². The number of likely N-dealkylation sites (N-methyl/N-ethyl adjacent to an activating group) is 1. The van der Waals surface area contributed by atoms with Gasteiger partial charge in [-0.3, -0.25) is 4.79 Å². The van der Waals surface area contributed by atoms with Gasteiger partial charge in [0.1, 0.15) is 0 Å². The van der Waals surface area contributed by atoms with Crippen LogP contribution in [0.5, 0.6) is 0 Å². The van der Waals surface area contributed by atoms with Crippen LogP contribution in [0.1, 0.15) is 13.8 Å². The van der Waals surface area contributed by atoms with E-state index < -0.39 is 15.8 Å². The molecule has 86 valence electrons. The average molecular weight is 233 g/mol. The van der Waals surface area contributed by atoms with Gasteiger partial charge in [0.15, 0.2) is 5.75 Å². The highest BCUT2D eigenvalue weighted by Gasteiger charge is 2.14. The van der Waals surface area contributed by atoms with Gasteiger partial charge in [-0.15, -0.1) is 0 Å². The van der Waals surface area contributed by atoms with E-state index in [1.54, 1.807) is 0 Å². The second-order valence-corrected chi connectivity index (χ2v) is 4.61. The van der Waals surface area contributed by atoms with Crippen LogP contribution in [0, 0.1) is 11.3 Å². The normalized spacial score (nSPS) is 10.7. The van der Waals surface area contributed by atoms with Crippen molar-refractivity contribution in [3.63, 3.8) is 0 Å². The van der Waals surface area contributed by atoms with Crippen molar-refractivity contribution in [1.29, 1.82) is 5.26 Å². The fraction of sp³-hybridized carbons (Fsp3) is 0.750. The summed E-state index contributed by atoms with van der Waals surface area (Å²) in [6.07, 6.45) is 0. The standard InChI is InChI=1S/C8H15N3O3S/c1-3-11(4-2)8(12)7-10-15(13,14)6-5-9/h10H,3-4,6-7H2,1-2H3. The van der Waals surface area contributed by atoms with Crippen LogP contribution in [-0.4, -0.2) is 44.6 Å². The van der Waals surface area contributed by atoms with Crippen molar-refractivity contribution in [1.82, 2.24) is 9.62 Å². The lowest BCUT2D eigenvalue weighted by Gasteiger charge is -2.18. The van der Waals surface area contributed by atoms with E-state index in [0.717, 1.165) is 0 Å². The first-order valence-corrected chi connectivity index (χ1v) is 6.24. The predicted octanol–water partition coefficient (Wildman–Crippen LogP) is -0.702. The number of carbonyl (C=O) groups excluding carboxylic acids is 1. The Kier molecular flexibility index (Phi) is 5.89. The van der Waals surface area contributed by atoms with Gasteiger partial charge < -0.3 is 4.90 Å². The summed E-state index contributed by atoms with van der Waals surface area (Å²) >= 11 is 0. The smallest absolute Gasteiger partial charge is 0.237 e. The molecule has 0 fully saturated rings. The van der Waals surface area contributed by atoms with E-state index in [1.165, 1.54) is 11.0 Å². The molecule has 0 spiro atoms. The molecule has 1 amide bonds. The summed E-state index contributed by atoms with van der Waals surface area (Å²) in [5.41, 5.74) is 0. The number of hydrogen-bond donors (Lipinski definition) is 1. The molecule has 0 saturated heterocycles. The quantitative estimate of drug-likeness (QED) is 0.656. The average Bonchev–Trinajstić information content (AvgIpc) is 2.17. The maximum absolute atomic E-state index is 11.4. The Balaban J connectivity index is 4.18. The van der Waals surface area contributed by atoms with E-state index in [9.17, 15) is 13.2 Å². The molecular weight excluding hydrogens is 218 g/mol. The molecule has 0 aliphatic rings. The molecule has 1 N–H and O–H groups in total. The molecule has 0 saturated carbocycles. The Morgan fingerprint density at radius 3 is 2.33 bits per heavy atom. The SMILES string of the molecule is CCN(CC)C(=O)CNS(=O)(=O)CC#N. The van der Waals surface area contributed by atoms with Gasteiger partial charge in [-0.1, -0.05) is 0 Å². The Labute approximate surface area is 89.9 Å². The van der Waals surface area contributed by atoms with Crippen molar-refractivity contribution in [2.45, 2.75) is 13.8 Å². The highest BCUT2D eigenvalue weighted by atomic mass is 32.2. The zero-order valence-electron chi connectivity index (χ0n) is 8.86. The Bertz CT molecular complexity index is 341. The van der Waals surface area contributed by atoms with Gasteiger partial charge in [0.05, 0.1) is 12.6 Å². The second-order valence-electron chi connectivity index (χ2n) is 2.80. The molecule has 0 heterocycles. The number of carbonyl (C=O) groups is 1. The Morgan fingerprint density at radius 1 is 1.40 bits per heavy atom. The molecule has 0 atom stereocenters.